The molecule has 0 spiro atoms. The number of unbranched alkanes of at least 4 members (excludes halogenated alkanes) is 3. The van der Waals surface area contributed by atoms with Crippen LogP contribution in [-0.4, -0.2) is 24.0 Å². The smallest absolute Gasteiger partial charge is 0.338 e. The Kier molecular flexibility index (Phi) is 13.9. The summed E-state index contributed by atoms with van der Waals surface area (Å²) in [4.78, 5) is 15.1. The molecule has 0 aliphatic carbocycles. The lowest BCUT2D eigenvalue weighted by Crippen LogP contribution is -2.41. The number of carbonyl (C=O) groups is 1. The summed E-state index contributed by atoms with van der Waals surface area (Å²) >= 11 is 0. The lowest BCUT2D eigenvalue weighted by atomic mass is 9.82. The Hall–Kier alpha value is -3.61. The van der Waals surface area contributed by atoms with Crippen LogP contribution in [-0.2, 0) is 38.4 Å². The van der Waals surface area contributed by atoms with Gasteiger partial charge in [-0.3, -0.25) is 0 Å². The van der Waals surface area contributed by atoms with Crippen LogP contribution in [0.2, 0.25) is 0 Å². The first-order chi connectivity index (χ1) is 22.0. The minimum absolute atomic E-state index is 0.0986. The fourth-order valence-corrected chi connectivity index (χ4v) is 6.23. The molecule has 3 nitrogen and oxygen atoms in total. The van der Waals surface area contributed by atoms with Crippen molar-refractivity contribution in [3.63, 3.8) is 0 Å². The minimum atomic E-state index is -4.48. The normalized spacial score (nSPS) is 11.5. The Labute approximate surface area is 273 Å². The van der Waals surface area contributed by atoms with E-state index in [4.69, 9.17) is 6.58 Å². The number of nitrogens with one attached hydrogen (secondary N) is 1. The van der Waals surface area contributed by atoms with Crippen molar-refractivity contribution >= 4 is 11.6 Å². The van der Waals surface area contributed by atoms with Crippen molar-refractivity contribution in [2.24, 2.45) is 0 Å². The number of rotatable bonds is 16. The SMILES string of the molecule is [C]=C(CC)c1c(CC)c(CC)c(F)c(CCN(Cc2ccc(-c3ccccc3C(F)(F)F)cc2)C(=O)NCCCCCC)c1CC. The van der Waals surface area contributed by atoms with E-state index in [9.17, 15) is 18.0 Å². The summed E-state index contributed by atoms with van der Waals surface area (Å²) in [5.41, 5.74) is 4.89. The molecular weight excluding hydrogens is 588 g/mol. The van der Waals surface area contributed by atoms with Crippen LogP contribution in [0.1, 0.15) is 106 Å². The molecule has 3 aromatic carbocycles. The molecule has 0 aliphatic heterocycles. The maximum Gasteiger partial charge on any atom is 0.417 e. The second kappa shape index (κ2) is 17.3. The molecule has 0 atom stereocenters. The molecular formula is C39H48F4N2O. The summed E-state index contributed by atoms with van der Waals surface area (Å²) in [5, 5.41) is 3.02. The molecule has 0 heterocycles. The fourth-order valence-electron chi connectivity index (χ4n) is 6.23. The van der Waals surface area contributed by atoms with Gasteiger partial charge in [-0.05, 0) is 101 Å². The number of halogens is 4. The average molecular weight is 637 g/mol. The second-order valence-electron chi connectivity index (χ2n) is 11.7. The number of carbonyl (C=O) groups excluding carboxylic acids is 1. The molecule has 0 aromatic heterocycles. The Morgan fingerprint density at radius 1 is 0.826 bits per heavy atom. The lowest BCUT2D eigenvalue weighted by molar-refractivity contribution is -0.137. The van der Waals surface area contributed by atoms with Gasteiger partial charge in [-0.2, -0.15) is 13.2 Å². The zero-order valence-corrected chi connectivity index (χ0v) is 28.0. The molecule has 0 saturated carbocycles. The van der Waals surface area contributed by atoms with Crippen molar-refractivity contribution in [2.45, 2.75) is 105 Å². The summed E-state index contributed by atoms with van der Waals surface area (Å²) in [6.07, 6.45) is 2.13. The summed E-state index contributed by atoms with van der Waals surface area (Å²) in [6.45, 7) is 19.7. The number of hydrogen-bond acceptors (Lipinski definition) is 1. The third-order valence-corrected chi connectivity index (χ3v) is 8.67. The highest BCUT2D eigenvalue weighted by Gasteiger charge is 2.33. The van der Waals surface area contributed by atoms with Crippen molar-refractivity contribution in [2.75, 3.05) is 13.1 Å². The van der Waals surface area contributed by atoms with Gasteiger partial charge >= 0.3 is 12.2 Å². The highest BCUT2D eigenvalue weighted by molar-refractivity contribution is 5.75. The number of allylic oxidation sites excluding steroid dienone is 1. The van der Waals surface area contributed by atoms with E-state index in [-0.39, 0.29) is 36.9 Å². The third-order valence-electron chi connectivity index (χ3n) is 8.67. The molecule has 7 heteroatoms. The first kappa shape index (κ1) is 36.9. The Morgan fingerprint density at radius 2 is 1.46 bits per heavy atom. The molecule has 2 amide bonds. The topological polar surface area (TPSA) is 32.3 Å². The van der Waals surface area contributed by atoms with Crippen molar-refractivity contribution in [1.82, 2.24) is 10.2 Å². The van der Waals surface area contributed by atoms with Gasteiger partial charge in [0.15, 0.2) is 0 Å². The second-order valence-corrected chi connectivity index (χ2v) is 11.7. The Morgan fingerprint density at radius 3 is 2.04 bits per heavy atom. The first-order valence-electron chi connectivity index (χ1n) is 16.7. The summed E-state index contributed by atoms with van der Waals surface area (Å²) < 4.78 is 57.1. The van der Waals surface area contributed by atoms with Crippen LogP contribution in [0.3, 0.4) is 0 Å². The Bertz CT molecular complexity index is 1460. The van der Waals surface area contributed by atoms with Crippen molar-refractivity contribution in [3.05, 3.63) is 99.9 Å². The first-order valence-corrected chi connectivity index (χ1v) is 16.7. The lowest BCUT2D eigenvalue weighted by Gasteiger charge is -2.27. The van der Waals surface area contributed by atoms with Crippen molar-refractivity contribution in [3.8, 4) is 11.1 Å². The number of nitrogens with zero attached hydrogens (tertiary/aromatic N) is 1. The van der Waals surface area contributed by atoms with Crippen LogP contribution in [0.15, 0.2) is 48.5 Å². The van der Waals surface area contributed by atoms with Crippen molar-refractivity contribution in [1.29, 1.82) is 0 Å². The number of amides is 2. The summed E-state index contributed by atoms with van der Waals surface area (Å²) in [5.74, 6) is -0.239. The molecule has 3 rings (SSSR count). The number of benzene rings is 3. The van der Waals surface area contributed by atoms with Crippen LogP contribution >= 0.6 is 0 Å². The van der Waals surface area contributed by atoms with E-state index in [1.807, 2.05) is 27.7 Å². The molecule has 0 saturated heterocycles. The summed E-state index contributed by atoms with van der Waals surface area (Å²) in [7, 11) is 0. The van der Waals surface area contributed by atoms with Crippen LogP contribution in [0.25, 0.3) is 16.7 Å². The highest BCUT2D eigenvalue weighted by atomic mass is 19.4. The molecule has 46 heavy (non-hydrogen) atoms. The minimum Gasteiger partial charge on any atom is -0.338 e. The number of hydrogen-bond donors (Lipinski definition) is 1. The molecule has 3 aromatic rings. The van der Waals surface area contributed by atoms with Gasteiger partial charge in [-0.1, -0.05) is 96.3 Å². The van der Waals surface area contributed by atoms with E-state index in [0.717, 1.165) is 54.0 Å². The van der Waals surface area contributed by atoms with E-state index in [0.29, 0.717) is 54.5 Å². The van der Waals surface area contributed by atoms with E-state index in [2.05, 4.69) is 12.2 Å². The van der Waals surface area contributed by atoms with Gasteiger partial charge < -0.3 is 10.2 Å². The fraction of sp³-hybridized carbons (Fsp3) is 0.462. The highest BCUT2D eigenvalue weighted by Crippen LogP contribution is 2.37. The van der Waals surface area contributed by atoms with E-state index < -0.39 is 11.7 Å². The number of alkyl halides is 3. The summed E-state index contributed by atoms with van der Waals surface area (Å²) in [6, 6.07) is 12.0. The molecule has 0 aliphatic rings. The predicted octanol–water partition coefficient (Wildman–Crippen LogP) is 10.6. The van der Waals surface area contributed by atoms with Gasteiger partial charge in [0.05, 0.1) is 5.56 Å². The van der Waals surface area contributed by atoms with Gasteiger partial charge in [-0.25, -0.2) is 9.18 Å². The van der Waals surface area contributed by atoms with Gasteiger partial charge in [0.2, 0.25) is 0 Å². The molecule has 2 radical (unpaired) electrons. The van der Waals surface area contributed by atoms with Gasteiger partial charge in [0.1, 0.15) is 5.82 Å². The quantitative estimate of drug-likeness (QED) is 0.123. The van der Waals surface area contributed by atoms with E-state index >= 15 is 4.39 Å². The molecule has 0 fully saturated rings. The van der Waals surface area contributed by atoms with Crippen LogP contribution in [0, 0.1) is 12.4 Å². The maximum absolute atomic E-state index is 16.2. The van der Waals surface area contributed by atoms with E-state index in [1.54, 1.807) is 35.2 Å². The molecule has 0 bridgehead atoms. The van der Waals surface area contributed by atoms with Crippen LogP contribution in [0.5, 0.6) is 0 Å². The van der Waals surface area contributed by atoms with Crippen LogP contribution < -0.4 is 5.32 Å². The maximum atomic E-state index is 16.2. The standard InChI is InChI=1S/C39H48F4N2O/c1-7-12-13-16-24-44-38(46)45(26-28-19-21-29(22-20-28)33-17-14-15-18-35(33)39(41,42)43)25-23-34-31(10-4)36(27(6)8-2)30(9-3)32(11-5)37(34)40/h14-15,17-22H,7-13,16,23-26H2,1-5H3,(H,44,46). The number of urea groups is 1. The monoisotopic (exact) mass is 636 g/mol. The van der Waals surface area contributed by atoms with Gasteiger partial charge in [0.25, 0.3) is 0 Å². The third kappa shape index (κ3) is 9.01. The van der Waals surface area contributed by atoms with Gasteiger partial charge in [0, 0.05) is 19.6 Å². The molecule has 248 valence electrons. The Balaban J connectivity index is 1.94. The van der Waals surface area contributed by atoms with Crippen molar-refractivity contribution < 1.29 is 22.4 Å². The average Bonchev–Trinajstić information content (AvgIpc) is 3.05. The molecule has 1 N–H and O–H groups in total. The zero-order chi connectivity index (χ0) is 33.9. The molecule has 0 unspecified atom stereocenters. The largest absolute Gasteiger partial charge is 0.417 e. The van der Waals surface area contributed by atoms with Crippen LogP contribution in [0.4, 0.5) is 22.4 Å². The predicted molar refractivity (Wildman–Crippen MR) is 180 cm³/mol. The zero-order valence-electron chi connectivity index (χ0n) is 28.0. The van der Waals surface area contributed by atoms with Gasteiger partial charge in [-0.15, -0.1) is 0 Å². The van der Waals surface area contributed by atoms with E-state index in [1.165, 1.54) is 12.1 Å².